The van der Waals surface area contributed by atoms with Crippen LogP contribution in [0.15, 0.2) is 104 Å². The molecule has 392 valence electrons. The van der Waals surface area contributed by atoms with Gasteiger partial charge in [-0.1, -0.05) is 81.1 Å². The quantitative estimate of drug-likeness (QED) is 0.0146. The second-order valence-electron chi connectivity index (χ2n) is 13.4. The Hall–Kier alpha value is -7.25. The Labute approximate surface area is 428 Å². The minimum Gasteiger partial charge on any atom is -0.467 e. The summed E-state index contributed by atoms with van der Waals surface area (Å²) < 4.78 is 44.3. The van der Waals surface area contributed by atoms with Crippen molar-refractivity contribution >= 4 is 93.8 Å². The monoisotopic (exact) mass is 1050 g/mol. The fourth-order valence-corrected chi connectivity index (χ4v) is 4.57. The Kier molecular flexibility index (Phi) is 38.7. The van der Waals surface area contributed by atoms with Gasteiger partial charge < -0.3 is 69.2 Å². The minimum atomic E-state index is -1.51. The van der Waals surface area contributed by atoms with Crippen molar-refractivity contribution in [3.63, 3.8) is 0 Å². The van der Waals surface area contributed by atoms with E-state index in [-0.39, 0.29) is 98.7 Å². The number of benzene rings is 1. The molecule has 22 nitrogen and oxygen atoms in total. The molecule has 0 saturated heterocycles. The molecule has 0 bridgehead atoms. The molecule has 25 heteroatoms. The van der Waals surface area contributed by atoms with Crippen molar-refractivity contribution in [1.29, 1.82) is 0 Å². The number of thioether (sulfide) groups is 1. The third-order valence-electron chi connectivity index (χ3n) is 6.98. The van der Waals surface area contributed by atoms with Crippen molar-refractivity contribution in [2.75, 3.05) is 78.2 Å². The summed E-state index contributed by atoms with van der Waals surface area (Å²) in [5.41, 5.74) is 2.06. The summed E-state index contributed by atoms with van der Waals surface area (Å²) in [6.45, 7) is 27.8. The van der Waals surface area contributed by atoms with Crippen LogP contribution in [-0.2, 0) is 73.1 Å². The van der Waals surface area contributed by atoms with Crippen LogP contribution in [0, 0.1) is 0 Å². The number of hydrogen-bond donors (Lipinski definition) is 5. The summed E-state index contributed by atoms with van der Waals surface area (Å²) in [6.07, 6.45) is -0.777. The van der Waals surface area contributed by atoms with E-state index >= 15 is 0 Å². The molecule has 0 aliphatic rings. The third-order valence-corrected chi connectivity index (χ3v) is 8.35. The van der Waals surface area contributed by atoms with Crippen molar-refractivity contribution < 1.29 is 81.0 Å². The predicted octanol–water partition coefficient (Wildman–Crippen LogP) is 4.56. The molecular weight excluding hydrogens is 991 g/mol. The first-order valence-corrected chi connectivity index (χ1v) is 22.8. The number of nitrogens with one attached hydrogen (secondary N) is 5. The summed E-state index contributed by atoms with van der Waals surface area (Å²) in [5, 5.41) is 12.7. The van der Waals surface area contributed by atoms with E-state index in [1.54, 1.807) is 13.0 Å². The number of hydrogen-bond acceptors (Lipinski definition) is 20. The molecule has 0 spiro atoms. The average Bonchev–Trinajstić information content (AvgIpc) is 3.33. The Morgan fingerprint density at radius 1 is 0.549 bits per heavy atom. The summed E-state index contributed by atoms with van der Waals surface area (Å²) in [6, 6.07) is 9.83. The second kappa shape index (κ2) is 41.7. The fraction of sp³-hybridized carbons (Fsp3) is 0.391. The van der Waals surface area contributed by atoms with E-state index in [1.165, 1.54) is 20.8 Å². The van der Waals surface area contributed by atoms with Gasteiger partial charge in [0, 0.05) is 41.5 Å². The van der Waals surface area contributed by atoms with Crippen LogP contribution < -0.4 is 26.6 Å². The maximum Gasteiger partial charge on any atom is 0.410 e. The van der Waals surface area contributed by atoms with Gasteiger partial charge in [-0.25, -0.2) is 33.6 Å². The maximum atomic E-state index is 12.1. The number of amides is 3. The van der Waals surface area contributed by atoms with Crippen molar-refractivity contribution in [3.8, 4) is 0 Å². The summed E-state index contributed by atoms with van der Waals surface area (Å²) in [7, 11) is 0. The first-order valence-electron chi connectivity index (χ1n) is 21.0. The van der Waals surface area contributed by atoms with Gasteiger partial charge in [0.15, 0.2) is 0 Å². The number of carbonyl (C=O) groups excluding carboxylic acids is 8. The van der Waals surface area contributed by atoms with E-state index in [4.69, 9.17) is 67.1 Å². The molecule has 1 aromatic carbocycles. The highest BCUT2D eigenvalue weighted by molar-refractivity contribution is 8.13. The van der Waals surface area contributed by atoms with E-state index in [1.807, 2.05) is 30.3 Å². The largest absolute Gasteiger partial charge is 0.467 e. The molecule has 71 heavy (non-hydrogen) atoms. The van der Waals surface area contributed by atoms with Crippen LogP contribution >= 0.6 is 36.2 Å². The zero-order valence-corrected chi connectivity index (χ0v) is 42.7. The van der Waals surface area contributed by atoms with Gasteiger partial charge in [-0.15, -0.1) is 6.58 Å². The van der Waals surface area contributed by atoms with E-state index in [0.29, 0.717) is 30.4 Å². The molecule has 5 N–H and O–H groups in total. The number of esters is 5. The Morgan fingerprint density at radius 2 is 0.944 bits per heavy atom. The summed E-state index contributed by atoms with van der Waals surface area (Å²) in [4.78, 5) is 91.8. The van der Waals surface area contributed by atoms with Gasteiger partial charge in [0.1, 0.15) is 46.2 Å². The zero-order valence-electron chi connectivity index (χ0n) is 40.2. The Morgan fingerprint density at radius 3 is 1.37 bits per heavy atom. The zero-order chi connectivity index (χ0) is 54.0. The number of rotatable bonds is 28. The Bertz CT molecular complexity index is 1950. The molecule has 0 saturated carbocycles. The van der Waals surface area contributed by atoms with Crippen molar-refractivity contribution in [2.45, 2.75) is 40.5 Å². The van der Waals surface area contributed by atoms with Crippen LogP contribution in [0.2, 0.25) is 0 Å². The summed E-state index contributed by atoms with van der Waals surface area (Å²) >= 11 is 10.4. The smallest absolute Gasteiger partial charge is 0.410 e. The normalized spacial score (nSPS) is 9.54. The lowest BCUT2D eigenvalue weighted by atomic mass is 10.2. The van der Waals surface area contributed by atoms with Crippen LogP contribution in [0.1, 0.15) is 33.3 Å². The Balaban J connectivity index is 0. The molecule has 0 aliphatic carbocycles. The fourth-order valence-electron chi connectivity index (χ4n) is 3.62. The predicted molar refractivity (Wildman–Crippen MR) is 271 cm³/mol. The molecule has 0 fully saturated rings. The van der Waals surface area contributed by atoms with Crippen molar-refractivity contribution in [1.82, 2.24) is 26.6 Å². The molecule has 1 rings (SSSR count). The van der Waals surface area contributed by atoms with Crippen molar-refractivity contribution in [3.05, 3.63) is 110 Å². The molecule has 0 radical (unpaired) electrons. The molecular formula is C46H63N5O17S3. The topological polar surface area (TPSA) is 280 Å². The molecule has 1 aromatic rings. The van der Waals surface area contributed by atoms with Gasteiger partial charge in [0.2, 0.25) is 0 Å². The van der Waals surface area contributed by atoms with Crippen LogP contribution in [0.3, 0.4) is 0 Å². The standard InChI is InChI=1S/C23H33N3O11S.C13H15NO3S.C10H15NO3S/c1-14(2)18(27)33-10-7-24-21(30)36-17(37-22(31)25-8-11-34-19(28)15(3)4)13-38-23(32)26-9-12-35-20(29)16(5)6;1-2-12(15)16-8-9-17-13(18)14-10-11-6-4-3-5-7-11;1-4-5-11-10(15)14-7-6-13-9(12)8(2)3/h17H,1,3,5,7-13H2,2,4,6H3,(H,24,30)(H,25,31)(H,26,32);2-7H,1,8-10H2,(H,14,18);4H,1-2,5-7H2,3H3,(H,11,15). The lowest BCUT2D eigenvalue weighted by Gasteiger charge is -2.18. The van der Waals surface area contributed by atoms with E-state index < -0.39 is 53.6 Å². The van der Waals surface area contributed by atoms with Crippen LogP contribution in [0.4, 0.5) is 14.4 Å². The highest BCUT2D eigenvalue weighted by Crippen LogP contribution is 2.10. The van der Waals surface area contributed by atoms with Crippen LogP contribution in [-0.4, -0.2) is 142 Å². The van der Waals surface area contributed by atoms with Gasteiger partial charge >= 0.3 is 42.0 Å². The maximum absolute atomic E-state index is 12.1. The third kappa shape index (κ3) is 40.4. The van der Waals surface area contributed by atoms with E-state index in [2.05, 4.69) is 66.1 Å². The number of ether oxygens (including phenoxy) is 9. The van der Waals surface area contributed by atoms with Crippen LogP contribution in [0.5, 0.6) is 0 Å². The molecule has 0 heterocycles. The summed E-state index contributed by atoms with van der Waals surface area (Å²) in [5.74, 6) is -3.07. The first kappa shape index (κ1) is 65.8. The average molecular weight is 1050 g/mol. The lowest BCUT2D eigenvalue weighted by molar-refractivity contribution is -0.140. The number of alkyl carbamates (subject to hydrolysis) is 2. The highest BCUT2D eigenvalue weighted by Gasteiger charge is 2.21. The van der Waals surface area contributed by atoms with E-state index in [9.17, 15) is 38.4 Å². The van der Waals surface area contributed by atoms with Gasteiger partial charge in [-0.05, 0) is 57.7 Å². The van der Waals surface area contributed by atoms with Gasteiger partial charge in [-0.2, -0.15) is 0 Å². The van der Waals surface area contributed by atoms with Crippen molar-refractivity contribution in [2.24, 2.45) is 0 Å². The number of thiocarbonyl (C=S) groups is 2. The molecule has 0 unspecified atom stereocenters. The van der Waals surface area contributed by atoms with Gasteiger partial charge in [-0.3, -0.25) is 4.79 Å². The van der Waals surface area contributed by atoms with E-state index in [0.717, 1.165) is 11.6 Å². The molecule has 0 atom stereocenters. The second-order valence-corrected chi connectivity index (χ2v) is 15.2. The SMILES string of the molecule is C=C(C)C(=O)OCCNC(=O)OC(CSC(=O)NCCOC(=O)C(=C)C)OC(=O)NCCOC(=O)C(=C)C.C=CC(=O)OCCOC(=S)NCc1ccccc1.C=CCNC(=S)OCCOC(=O)C(=C)C. The lowest BCUT2D eigenvalue weighted by Crippen LogP contribution is -2.38. The first-order chi connectivity index (χ1) is 33.6. The molecule has 3 amide bonds. The molecule has 0 aliphatic heterocycles. The number of carbonyl (C=O) groups is 8. The molecule has 0 aromatic heterocycles. The van der Waals surface area contributed by atoms with Gasteiger partial charge in [0.05, 0.1) is 25.4 Å². The van der Waals surface area contributed by atoms with Crippen LogP contribution in [0.25, 0.3) is 0 Å². The highest BCUT2D eigenvalue weighted by atomic mass is 32.2. The minimum absolute atomic E-state index is 0.00398. The van der Waals surface area contributed by atoms with Gasteiger partial charge in [0.25, 0.3) is 21.9 Å².